The number of rotatable bonds is 22. The number of aromatic amines is 1. The first-order valence-electron chi connectivity index (χ1n) is 21.7. The van der Waals surface area contributed by atoms with Gasteiger partial charge in [-0.15, -0.1) is 0 Å². The quantitative estimate of drug-likeness (QED) is 0.0392. The summed E-state index contributed by atoms with van der Waals surface area (Å²) in [5.74, 6) is 0.528. The van der Waals surface area contributed by atoms with Crippen LogP contribution in [-0.2, 0) is 33.7 Å². The summed E-state index contributed by atoms with van der Waals surface area (Å²) in [6, 6.07) is 26.4. The van der Waals surface area contributed by atoms with Gasteiger partial charge in [0.25, 0.3) is 14.1 Å². The van der Waals surface area contributed by atoms with E-state index in [9.17, 15) is 19.2 Å². The molecule has 3 heterocycles. The van der Waals surface area contributed by atoms with Gasteiger partial charge in [-0.25, -0.2) is 14.0 Å². The third-order valence-corrected chi connectivity index (χ3v) is 13.1. The number of alkyl halides is 1. The molecule has 1 fully saturated rings. The third-order valence-electron chi connectivity index (χ3n) is 11.0. The molecule has 6 rings (SSSR count). The van der Waals surface area contributed by atoms with Crippen molar-refractivity contribution in [2.45, 2.75) is 90.0 Å². The SMILES string of the molecule is COc1ccc(C(OC[C@H]2OC[C@@H](n3cnc4c(=O)[nH]c(NC(=O)C(C)C)nc43)[C@H](OCCF)[C@@H]2OP(OCCC#N)N(C(C)C)C(C)C)(c2ccccc2)c2ccc(OC)cc2)cc1. The molecule has 0 spiro atoms. The minimum atomic E-state index is -1.92. The number of carbonyl (C=O) groups excluding carboxylic acids is 1. The first-order chi connectivity index (χ1) is 31.4. The Morgan fingerprint density at radius 2 is 1.57 bits per heavy atom. The number of nitriles is 1. The Labute approximate surface area is 380 Å². The van der Waals surface area contributed by atoms with E-state index in [1.54, 1.807) is 32.6 Å². The third kappa shape index (κ3) is 11.2. The van der Waals surface area contributed by atoms with Gasteiger partial charge in [0.05, 0.1) is 65.5 Å². The molecular formula is C47H59FN7O9P. The largest absolute Gasteiger partial charge is 0.497 e. The van der Waals surface area contributed by atoms with E-state index in [1.165, 1.54) is 6.33 Å². The lowest BCUT2D eigenvalue weighted by Gasteiger charge is -2.46. The molecule has 1 aliphatic rings. The van der Waals surface area contributed by atoms with E-state index in [0.717, 1.165) is 16.7 Å². The summed E-state index contributed by atoms with van der Waals surface area (Å²) in [7, 11) is 1.29. The number of anilines is 1. The van der Waals surface area contributed by atoms with E-state index in [1.807, 2.05) is 107 Å². The average Bonchev–Trinajstić information content (AvgIpc) is 3.73. The topological polar surface area (TPSA) is 184 Å². The van der Waals surface area contributed by atoms with E-state index in [2.05, 4.69) is 31.0 Å². The van der Waals surface area contributed by atoms with E-state index < -0.39 is 50.7 Å². The molecule has 16 nitrogen and oxygen atoms in total. The zero-order valence-corrected chi connectivity index (χ0v) is 39.0. The molecule has 348 valence electrons. The molecule has 3 aromatic carbocycles. The van der Waals surface area contributed by atoms with Crippen LogP contribution in [0.4, 0.5) is 10.3 Å². The van der Waals surface area contributed by atoms with Gasteiger partial charge in [0, 0.05) is 18.0 Å². The second kappa shape index (κ2) is 22.7. The van der Waals surface area contributed by atoms with Gasteiger partial charge in [-0.2, -0.15) is 10.2 Å². The highest BCUT2D eigenvalue weighted by Crippen LogP contribution is 2.50. The Kier molecular flexibility index (Phi) is 17.2. The van der Waals surface area contributed by atoms with Crippen molar-refractivity contribution in [1.82, 2.24) is 24.2 Å². The minimum Gasteiger partial charge on any atom is -0.497 e. The van der Waals surface area contributed by atoms with E-state index in [0.29, 0.717) is 11.5 Å². The first kappa shape index (κ1) is 49.1. The zero-order chi connectivity index (χ0) is 46.7. The fourth-order valence-corrected chi connectivity index (χ4v) is 9.68. The lowest BCUT2D eigenvalue weighted by molar-refractivity contribution is -0.193. The highest BCUT2D eigenvalue weighted by Gasteiger charge is 2.48. The Morgan fingerprint density at radius 3 is 2.12 bits per heavy atom. The highest BCUT2D eigenvalue weighted by atomic mass is 31.2. The summed E-state index contributed by atoms with van der Waals surface area (Å²) < 4.78 is 63.4. The van der Waals surface area contributed by atoms with Crippen molar-refractivity contribution < 1.29 is 41.9 Å². The average molecular weight is 916 g/mol. The van der Waals surface area contributed by atoms with Gasteiger partial charge in [0.2, 0.25) is 11.9 Å². The number of nitrogens with zero attached hydrogens (tertiary/aromatic N) is 5. The summed E-state index contributed by atoms with van der Waals surface area (Å²) in [5, 5.41) is 12.2. The van der Waals surface area contributed by atoms with Crippen molar-refractivity contribution in [2.24, 2.45) is 5.92 Å². The van der Waals surface area contributed by atoms with Crippen LogP contribution in [0.1, 0.15) is 70.7 Å². The van der Waals surface area contributed by atoms with Gasteiger partial charge in [-0.1, -0.05) is 68.4 Å². The van der Waals surface area contributed by atoms with Gasteiger partial charge in [0.15, 0.2) is 11.2 Å². The van der Waals surface area contributed by atoms with Crippen LogP contribution in [0.25, 0.3) is 11.2 Å². The predicted octanol–water partition coefficient (Wildman–Crippen LogP) is 7.70. The molecule has 5 aromatic rings. The number of benzene rings is 3. The first-order valence-corrected chi connectivity index (χ1v) is 22.8. The molecule has 0 bridgehead atoms. The van der Waals surface area contributed by atoms with Crippen LogP contribution < -0.4 is 20.3 Å². The molecule has 0 radical (unpaired) electrons. The lowest BCUT2D eigenvalue weighted by atomic mass is 9.80. The molecule has 18 heteroatoms. The molecule has 65 heavy (non-hydrogen) atoms. The van der Waals surface area contributed by atoms with Crippen LogP contribution in [0, 0.1) is 17.2 Å². The van der Waals surface area contributed by atoms with Crippen LogP contribution >= 0.6 is 8.53 Å². The minimum absolute atomic E-state index is 0.0132. The number of imidazole rings is 1. The highest BCUT2D eigenvalue weighted by molar-refractivity contribution is 7.44. The molecule has 1 saturated heterocycles. The van der Waals surface area contributed by atoms with Crippen molar-refractivity contribution >= 4 is 31.5 Å². The van der Waals surface area contributed by atoms with Gasteiger partial charge in [-0.05, 0) is 68.7 Å². The molecule has 0 saturated carbocycles. The van der Waals surface area contributed by atoms with Crippen molar-refractivity contribution in [3.05, 3.63) is 112 Å². The maximum atomic E-state index is 14.4. The zero-order valence-electron chi connectivity index (χ0n) is 38.1. The van der Waals surface area contributed by atoms with Gasteiger partial charge in [0.1, 0.15) is 42.1 Å². The Hall–Kier alpha value is -5.31. The van der Waals surface area contributed by atoms with Crippen molar-refractivity contribution in [2.75, 3.05) is 52.6 Å². The number of H-pyrrole nitrogens is 1. The lowest BCUT2D eigenvalue weighted by Crippen LogP contribution is -2.55. The number of amides is 1. The Bertz CT molecular complexity index is 2340. The van der Waals surface area contributed by atoms with Crippen molar-refractivity contribution in [1.29, 1.82) is 5.26 Å². The second-order valence-corrected chi connectivity index (χ2v) is 17.7. The molecule has 5 atom stereocenters. The summed E-state index contributed by atoms with van der Waals surface area (Å²) in [6.45, 7) is 10.4. The summed E-state index contributed by atoms with van der Waals surface area (Å²) >= 11 is 0. The van der Waals surface area contributed by atoms with Crippen molar-refractivity contribution in [3.8, 4) is 17.6 Å². The number of hydrogen-bond donors (Lipinski definition) is 2. The maximum Gasteiger partial charge on any atom is 0.280 e. The summed E-state index contributed by atoms with van der Waals surface area (Å²) in [6.07, 6.45) is -1.31. The molecule has 2 N–H and O–H groups in total. The van der Waals surface area contributed by atoms with Gasteiger partial charge >= 0.3 is 0 Å². The number of fused-ring (bicyclic) bond motifs is 1. The fraction of sp³-hybridized carbons (Fsp3) is 0.468. The maximum absolute atomic E-state index is 14.4. The summed E-state index contributed by atoms with van der Waals surface area (Å²) in [4.78, 5) is 37.7. The van der Waals surface area contributed by atoms with Gasteiger partial charge < -0.3 is 37.3 Å². The Morgan fingerprint density at radius 1 is 0.954 bits per heavy atom. The molecule has 1 amide bonds. The van der Waals surface area contributed by atoms with Crippen molar-refractivity contribution in [3.63, 3.8) is 0 Å². The van der Waals surface area contributed by atoms with Crippen LogP contribution in [0.5, 0.6) is 11.5 Å². The van der Waals surface area contributed by atoms with E-state index in [4.69, 9.17) is 32.7 Å². The number of hydrogen-bond acceptors (Lipinski definition) is 13. The second-order valence-electron chi connectivity index (χ2n) is 16.3. The van der Waals surface area contributed by atoms with E-state index >= 15 is 0 Å². The number of halogens is 1. The Balaban J connectivity index is 1.51. The van der Waals surface area contributed by atoms with E-state index in [-0.39, 0.29) is 73.9 Å². The van der Waals surface area contributed by atoms with Gasteiger partial charge in [-0.3, -0.25) is 19.9 Å². The van der Waals surface area contributed by atoms with Crippen LogP contribution in [0.15, 0.2) is 90.0 Å². The molecular weight excluding hydrogens is 857 g/mol. The smallest absolute Gasteiger partial charge is 0.280 e. The fourth-order valence-electron chi connectivity index (χ4n) is 7.91. The molecule has 2 aromatic heterocycles. The molecule has 1 aliphatic heterocycles. The molecule has 0 aliphatic carbocycles. The number of carbonyl (C=O) groups is 1. The normalized spacial score (nSPS) is 18.3. The summed E-state index contributed by atoms with van der Waals surface area (Å²) in [5.41, 5.74) is 0.752. The van der Waals surface area contributed by atoms with Crippen LogP contribution in [0.2, 0.25) is 0 Å². The van der Waals surface area contributed by atoms with Crippen LogP contribution in [-0.4, -0.2) is 108 Å². The number of ether oxygens (including phenoxy) is 5. The van der Waals surface area contributed by atoms with Crippen LogP contribution in [0.3, 0.4) is 0 Å². The number of nitrogens with one attached hydrogen (secondary N) is 2. The number of aromatic nitrogens is 4. The number of methoxy groups -OCH3 is 2. The predicted molar refractivity (Wildman–Crippen MR) is 244 cm³/mol. The monoisotopic (exact) mass is 915 g/mol. The standard InChI is InChI=1S/C47H59FN7O9P/c1-30(2)44(56)52-46-51-43-40(45(57)53-46)50-29-54(43)38-27-61-39(42(41(38)60-26-23-48)64-65(63-25-12-24-49)55(31(3)4)32(5)6)28-62-47(33-13-10-9-11-14-33,34-15-19-36(58-7)20-16-34)35-17-21-37(59-8)22-18-35/h9-11,13-22,29-32,38-39,41-42H,12,23,25-28H2,1-8H3,(H2,51,52,53,56,57)/t38-,39-,41+,42-,65?/m1/s1. The molecule has 1 unspecified atom stereocenters.